The third kappa shape index (κ3) is 2.61. The Morgan fingerprint density at radius 3 is 2.94 bits per heavy atom. The fourth-order valence-corrected chi connectivity index (χ4v) is 2.13. The van der Waals surface area contributed by atoms with E-state index in [0.717, 1.165) is 22.8 Å². The van der Waals surface area contributed by atoms with E-state index in [1.165, 1.54) is 0 Å². The van der Waals surface area contributed by atoms with Crippen molar-refractivity contribution in [1.29, 1.82) is 0 Å². The monoisotopic (exact) mass is 297 g/mol. The van der Waals surface area contributed by atoms with Crippen molar-refractivity contribution in [1.82, 2.24) is 4.57 Å². The maximum Gasteiger partial charge on any atom is 0.341 e. The van der Waals surface area contributed by atoms with Crippen LogP contribution >= 0.6 is 15.9 Å². The zero-order valence-electron chi connectivity index (χ0n) is 9.10. The van der Waals surface area contributed by atoms with Crippen molar-refractivity contribution in [3.8, 4) is 5.75 Å². The van der Waals surface area contributed by atoms with Crippen molar-refractivity contribution in [2.45, 2.75) is 6.54 Å². The zero-order chi connectivity index (χ0) is 12.3. The molecule has 1 N–H and O–H groups in total. The fourth-order valence-electron chi connectivity index (χ4n) is 1.75. The molecule has 0 saturated carbocycles. The topological polar surface area (TPSA) is 51.5 Å². The van der Waals surface area contributed by atoms with Crippen molar-refractivity contribution in [3.05, 3.63) is 30.5 Å². The van der Waals surface area contributed by atoms with Gasteiger partial charge in [0.25, 0.3) is 0 Å². The van der Waals surface area contributed by atoms with Crippen molar-refractivity contribution in [2.24, 2.45) is 0 Å². The Bertz CT molecular complexity index is 536. The Morgan fingerprint density at radius 2 is 2.24 bits per heavy atom. The predicted molar refractivity (Wildman–Crippen MR) is 68.9 cm³/mol. The van der Waals surface area contributed by atoms with Crippen LogP contribution in [-0.4, -0.2) is 27.6 Å². The summed E-state index contributed by atoms with van der Waals surface area (Å²) < 4.78 is 7.34. The van der Waals surface area contributed by atoms with Gasteiger partial charge in [-0.25, -0.2) is 4.79 Å². The molecule has 0 radical (unpaired) electrons. The van der Waals surface area contributed by atoms with E-state index in [-0.39, 0.29) is 6.61 Å². The van der Waals surface area contributed by atoms with Gasteiger partial charge in [-0.1, -0.05) is 22.0 Å². The summed E-state index contributed by atoms with van der Waals surface area (Å²) in [5, 5.41) is 10.4. The molecule has 1 heterocycles. The molecule has 0 fully saturated rings. The lowest BCUT2D eigenvalue weighted by Crippen LogP contribution is -2.09. The summed E-state index contributed by atoms with van der Waals surface area (Å²) in [6, 6.07) is 7.58. The van der Waals surface area contributed by atoms with Crippen LogP contribution in [0.3, 0.4) is 0 Å². The van der Waals surface area contributed by atoms with E-state index >= 15 is 0 Å². The van der Waals surface area contributed by atoms with Crippen LogP contribution in [0.5, 0.6) is 5.75 Å². The molecular weight excluding hydrogens is 286 g/mol. The highest BCUT2D eigenvalue weighted by atomic mass is 79.9. The first-order valence-corrected chi connectivity index (χ1v) is 6.33. The minimum atomic E-state index is -0.970. The molecule has 0 bridgehead atoms. The van der Waals surface area contributed by atoms with Gasteiger partial charge in [-0.15, -0.1) is 0 Å². The molecule has 0 spiro atoms. The molecule has 0 saturated heterocycles. The van der Waals surface area contributed by atoms with Gasteiger partial charge in [0.15, 0.2) is 6.61 Å². The first-order chi connectivity index (χ1) is 8.22. The lowest BCUT2D eigenvalue weighted by atomic mass is 10.2. The summed E-state index contributed by atoms with van der Waals surface area (Å²) >= 11 is 3.40. The van der Waals surface area contributed by atoms with E-state index in [9.17, 15) is 4.79 Å². The predicted octanol–water partition coefficient (Wildman–Crippen LogP) is 2.50. The molecule has 0 aliphatic rings. The van der Waals surface area contributed by atoms with Gasteiger partial charge < -0.3 is 14.4 Å². The smallest absolute Gasteiger partial charge is 0.341 e. The first kappa shape index (κ1) is 12.0. The first-order valence-electron chi connectivity index (χ1n) is 5.21. The van der Waals surface area contributed by atoms with Crippen molar-refractivity contribution in [3.63, 3.8) is 0 Å². The van der Waals surface area contributed by atoms with Crippen molar-refractivity contribution in [2.75, 3.05) is 11.9 Å². The minimum absolute atomic E-state index is 0.317. The molecular formula is C12H12BrNO3. The second-order valence-corrected chi connectivity index (χ2v) is 4.36. The Morgan fingerprint density at radius 1 is 1.41 bits per heavy atom. The van der Waals surface area contributed by atoms with E-state index in [1.54, 1.807) is 6.07 Å². The number of carboxylic acids is 1. The minimum Gasteiger partial charge on any atom is -0.481 e. The number of ether oxygens (including phenoxy) is 1. The SMILES string of the molecule is O=C(O)COc1cccc2c1ccn2CCBr. The van der Waals surface area contributed by atoms with Crippen molar-refractivity contribution >= 4 is 32.8 Å². The number of aliphatic carboxylic acids is 1. The lowest BCUT2D eigenvalue weighted by molar-refractivity contribution is -0.139. The molecule has 2 aromatic rings. The number of aryl methyl sites for hydroxylation is 1. The van der Waals surface area contributed by atoms with Crippen LogP contribution in [0, 0.1) is 0 Å². The van der Waals surface area contributed by atoms with Gasteiger partial charge in [0.05, 0.1) is 5.52 Å². The molecule has 0 aliphatic carbocycles. The second kappa shape index (κ2) is 5.23. The molecule has 0 atom stereocenters. The normalized spacial score (nSPS) is 10.6. The third-order valence-corrected chi connectivity index (χ3v) is 2.80. The fraction of sp³-hybridized carbons (Fsp3) is 0.250. The van der Waals surface area contributed by atoms with Crippen LogP contribution in [0.15, 0.2) is 30.5 Å². The molecule has 90 valence electrons. The number of rotatable bonds is 5. The maximum absolute atomic E-state index is 10.5. The molecule has 1 aromatic carbocycles. The highest BCUT2D eigenvalue weighted by Crippen LogP contribution is 2.26. The lowest BCUT2D eigenvalue weighted by Gasteiger charge is -2.06. The number of carbonyl (C=O) groups is 1. The number of fused-ring (bicyclic) bond motifs is 1. The number of alkyl halides is 1. The Labute approximate surface area is 107 Å². The van der Waals surface area contributed by atoms with E-state index in [1.807, 2.05) is 24.4 Å². The molecule has 5 heteroatoms. The molecule has 0 aliphatic heterocycles. The molecule has 4 nitrogen and oxygen atoms in total. The summed E-state index contributed by atoms with van der Waals surface area (Å²) in [5.74, 6) is -0.361. The van der Waals surface area contributed by atoms with E-state index in [2.05, 4.69) is 20.5 Å². The van der Waals surface area contributed by atoms with E-state index in [0.29, 0.717) is 5.75 Å². The van der Waals surface area contributed by atoms with Crippen LogP contribution < -0.4 is 4.74 Å². The van der Waals surface area contributed by atoms with Gasteiger partial charge in [-0.3, -0.25) is 0 Å². The number of aromatic nitrogens is 1. The van der Waals surface area contributed by atoms with Gasteiger partial charge in [0.1, 0.15) is 5.75 Å². The van der Waals surface area contributed by atoms with Gasteiger partial charge in [-0.05, 0) is 18.2 Å². The number of carboxylic acid groups (broad SMARTS) is 1. The summed E-state index contributed by atoms with van der Waals surface area (Å²) in [4.78, 5) is 10.5. The zero-order valence-corrected chi connectivity index (χ0v) is 10.7. The van der Waals surface area contributed by atoms with Gasteiger partial charge in [0, 0.05) is 23.5 Å². The highest BCUT2D eigenvalue weighted by Gasteiger charge is 2.07. The summed E-state index contributed by atoms with van der Waals surface area (Å²) in [6.07, 6.45) is 1.97. The third-order valence-electron chi connectivity index (χ3n) is 2.45. The van der Waals surface area contributed by atoms with Crippen LogP contribution in [-0.2, 0) is 11.3 Å². The molecule has 1 aromatic heterocycles. The number of nitrogens with zero attached hydrogens (tertiary/aromatic N) is 1. The molecule has 2 rings (SSSR count). The van der Waals surface area contributed by atoms with Crippen LogP contribution in [0.2, 0.25) is 0 Å². The van der Waals surface area contributed by atoms with Gasteiger partial charge in [-0.2, -0.15) is 0 Å². The van der Waals surface area contributed by atoms with Gasteiger partial charge >= 0.3 is 5.97 Å². The van der Waals surface area contributed by atoms with Crippen LogP contribution in [0.4, 0.5) is 0 Å². The summed E-state index contributed by atoms with van der Waals surface area (Å²) in [6.45, 7) is 0.550. The maximum atomic E-state index is 10.5. The Kier molecular flexibility index (Phi) is 3.68. The van der Waals surface area contributed by atoms with Crippen LogP contribution in [0.1, 0.15) is 0 Å². The number of halogens is 1. The molecule has 0 unspecified atom stereocenters. The van der Waals surface area contributed by atoms with Crippen LogP contribution in [0.25, 0.3) is 10.9 Å². The Hall–Kier alpha value is -1.49. The van der Waals surface area contributed by atoms with E-state index in [4.69, 9.17) is 9.84 Å². The average Bonchev–Trinajstić information content (AvgIpc) is 2.71. The summed E-state index contributed by atoms with van der Waals surface area (Å²) in [7, 11) is 0. The highest BCUT2D eigenvalue weighted by molar-refractivity contribution is 9.09. The largest absolute Gasteiger partial charge is 0.481 e. The Balaban J connectivity index is 2.34. The van der Waals surface area contributed by atoms with E-state index < -0.39 is 5.97 Å². The summed E-state index contributed by atoms with van der Waals surface area (Å²) in [5.41, 5.74) is 1.05. The van der Waals surface area contributed by atoms with Gasteiger partial charge in [0.2, 0.25) is 0 Å². The average molecular weight is 298 g/mol. The second-order valence-electron chi connectivity index (χ2n) is 3.57. The standard InChI is InChI=1S/C12H12BrNO3/c13-5-7-14-6-4-9-10(14)2-1-3-11(9)17-8-12(15)16/h1-4,6H,5,7-8H2,(H,15,16). The van der Waals surface area contributed by atoms with Crippen molar-refractivity contribution < 1.29 is 14.6 Å². The molecule has 17 heavy (non-hydrogen) atoms. The quantitative estimate of drug-likeness (QED) is 0.863. The molecule has 0 amide bonds. The number of hydrogen-bond donors (Lipinski definition) is 1. The number of benzene rings is 1. The number of hydrogen-bond acceptors (Lipinski definition) is 2.